The monoisotopic (exact) mass is 352 g/mol. The van der Waals surface area contributed by atoms with Crippen LogP contribution in [0, 0.1) is 11.8 Å². The summed E-state index contributed by atoms with van der Waals surface area (Å²) in [7, 11) is 0. The maximum atomic E-state index is 12.8. The van der Waals surface area contributed by atoms with E-state index in [1.165, 1.54) is 6.42 Å². The van der Waals surface area contributed by atoms with Crippen LogP contribution in [0.4, 0.5) is 5.69 Å². The van der Waals surface area contributed by atoms with Crippen LogP contribution in [0.15, 0.2) is 29.1 Å². The molecule has 26 heavy (non-hydrogen) atoms. The minimum absolute atomic E-state index is 0.0245. The maximum Gasteiger partial charge on any atom is 0.141 e. The Bertz CT molecular complexity index is 822. The van der Waals surface area contributed by atoms with Gasteiger partial charge in [0, 0.05) is 40.3 Å². The average Bonchev–Trinajstić information content (AvgIpc) is 3.31. The second-order valence-corrected chi connectivity index (χ2v) is 7.97. The molecule has 2 aliphatic carbocycles. The molecular weight excluding hydrogens is 328 g/mol. The molecule has 0 radical (unpaired) electrons. The van der Waals surface area contributed by atoms with Crippen LogP contribution in [0.25, 0.3) is 11.1 Å². The third kappa shape index (κ3) is 2.70. The van der Waals surface area contributed by atoms with Gasteiger partial charge < -0.3 is 14.6 Å². The summed E-state index contributed by atoms with van der Waals surface area (Å²) in [4.78, 5) is 12.8. The number of anilines is 1. The van der Waals surface area contributed by atoms with E-state index in [0.717, 1.165) is 60.2 Å². The molecule has 0 bridgehead atoms. The number of aromatic nitrogens is 1. The lowest BCUT2D eigenvalue weighted by Crippen LogP contribution is -2.39. The van der Waals surface area contributed by atoms with Gasteiger partial charge in [-0.05, 0) is 57.6 Å². The summed E-state index contributed by atoms with van der Waals surface area (Å²) in [5.41, 5.74) is 4.15. The standard InChI is InChI=1S/C21H24N2O3/c1-12-17(20(24)13-5-6-13)9-18-19(23-12)8-7-16(14-10-22-25-11-14)21(18)26-15-3-2-4-15/h7-8,10-13,15,17,23H,2-6,9H2,1H3/t12-,17?/m0/s1. The van der Waals surface area contributed by atoms with Crippen LogP contribution >= 0.6 is 0 Å². The number of ketones is 1. The van der Waals surface area contributed by atoms with Crippen LogP contribution < -0.4 is 10.1 Å². The minimum Gasteiger partial charge on any atom is -0.489 e. The fourth-order valence-corrected chi connectivity index (χ4v) is 4.08. The second kappa shape index (κ2) is 6.15. The fraction of sp³-hybridized carbons (Fsp3) is 0.524. The molecule has 0 saturated heterocycles. The fourth-order valence-electron chi connectivity index (χ4n) is 4.08. The van der Waals surface area contributed by atoms with E-state index in [4.69, 9.17) is 9.26 Å². The highest BCUT2D eigenvalue weighted by atomic mass is 16.5. The van der Waals surface area contributed by atoms with Crippen LogP contribution in [0.2, 0.25) is 0 Å². The predicted molar refractivity (Wildman–Crippen MR) is 98.2 cm³/mol. The van der Waals surface area contributed by atoms with Gasteiger partial charge in [0.25, 0.3) is 0 Å². The summed E-state index contributed by atoms with van der Waals surface area (Å²) < 4.78 is 11.5. The SMILES string of the molecule is C[C@@H]1Nc2ccc(-c3cnoc3)c(OC3CCC3)c2CC1C(=O)C1CC1. The van der Waals surface area contributed by atoms with Crippen LogP contribution in [0.1, 0.15) is 44.6 Å². The number of nitrogens with one attached hydrogen (secondary N) is 1. The van der Waals surface area contributed by atoms with Crippen molar-refractivity contribution in [2.45, 2.75) is 57.6 Å². The molecule has 2 heterocycles. The van der Waals surface area contributed by atoms with Crippen LogP contribution in [-0.4, -0.2) is 23.1 Å². The van der Waals surface area contributed by atoms with E-state index < -0.39 is 0 Å². The Morgan fingerprint density at radius 2 is 2.12 bits per heavy atom. The summed E-state index contributed by atoms with van der Waals surface area (Å²) in [6, 6.07) is 4.33. The average molecular weight is 352 g/mol. The molecule has 5 rings (SSSR count). The number of hydrogen-bond donors (Lipinski definition) is 1. The zero-order valence-electron chi connectivity index (χ0n) is 15.0. The molecule has 2 saturated carbocycles. The van der Waals surface area contributed by atoms with Crippen molar-refractivity contribution in [3.05, 3.63) is 30.2 Å². The van der Waals surface area contributed by atoms with Crippen LogP contribution in [0.3, 0.4) is 0 Å². The number of fused-ring (bicyclic) bond motifs is 1. The molecule has 5 nitrogen and oxygen atoms in total. The highest BCUT2D eigenvalue weighted by Gasteiger charge is 2.40. The molecule has 1 unspecified atom stereocenters. The van der Waals surface area contributed by atoms with Crippen molar-refractivity contribution in [1.29, 1.82) is 0 Å². The summed E-state index contributed by atoms with van der Waals surface area (Å²) in [6.07, 6.45) is 9.93. The number of carbonyl (C=O) groups is 1. The van der Waals surface area contributed by atoms with Crippen LogP contribution in [-0.2, 0) is 11.2 Å². The smallest absolute Gasteiger partial charge is 0.141 e. The van der Waals surface area contributed by atoms with E-state index in [1.807, 2.05) is 0 Å². The lowest BCUT2D eigenvalue weighted by molar-refractivity contribution is -0.124. The van der Waals surface area contributed by atoms with E-state index in [2.05, 4.69) is 29.5 Å². The molecule has 5 heteroatoms. The molecule has 2 aromatic rings. The number of hydrogen-bond acceptors (Lipinski definition) is 5. The highest BCUT2D eigenvalue weighted by Crippen LogP contribution is 2.45. The molecule has 2 fully saturated rings. The van der Waals surface area contributed by atoms with Crippen molar-refractivity contribution in [1.82, 2.24) is 5.16 Å². The number of rotatable bonds is 5. The van der Waals surface area contributed by atoms with Gasteiger partial charge >= 0.3 is 0 Å². The molecular formula is C21H24N2O3. The summed E-state index contributed by atoms with van der Waals surface area (Å²) in [5, 5.41) is 7.41. The zero-order chi connectivity index (χ0) is 17.7. The van der Waals surface area contributed by atoms with Crippen LogP contribution in [0.5, 0.6) is 5.75 Å². The Kier molecular flexibility index (Phi) is 3.76. The number of benzene rings is 1. The van der Waals surface area contributed by atoms with Gasteiger partial charge in [-0.2, -0.15) is 0 Å². The van der Waals surface area contributed by atoms with Crippen molar-refractivity contribution < 1.29 is 14.1 Å². The third-order valence-electron chi connectivity index (χ3n) is 6.10. The molecule has 1 aromatic carbocycles. The number of ether oxygens (including phenoxy) is 1. The van der Waals surface area contributed by atoms with Gasteiger partial charge in [0.2, 0.25) is 0 Å². The third-order valence-corrected chi connectivity index (χ3v) is 6.10. The van der Waals surface area contributed by atoms with Gasteiger partial charge in [-0.3, -0.25) is 4.79 Å². The van der Waals surface area contributed by atoms with Crippen molar-refractivity contribution in [2.75, 3.05) is 5.32 Å². The van der Waals surface area contributed by atoms with E-state index >= 15 is 0 Å². The van der Waals surface area contributed by atoms with Gasteiger partial charge in [-0.15, -0.1) is 0 Å². The summed E-state index contributed by atoms with van der Waals surface area (Å²) >= 11 is 0. The Labute approximate surface area is 153 Å². The summed E-state index contributed by atoms with van der Waals surface area (Å²) in [5.74, 6) is 1.63. The Balaban J connectivity index is 1.56. The van der Waals surface area contributed by atoms with Gasteiger partial charge in [0.15, 0.2) is 0 Å². The zero-order valence-corrected chi connectivity index (χ0v) is 15.0. The predicted octanol–water partition coefficient (Wildman–Crippen LogP) is 4.22. The Hall–Kier alpha value is -2.30. The first-order chi connectivity index (χ1) is 12.7. The first kappa shape index (κ1) is 15.9. The van der Waals surface area contributed by atoms with Crippen molar-refractivity contribution >= 4 is 11.5 Å². The molecule has 2 atom stereocenters. The lowest BCUT2D eigenvalue weighted by atomic mass is 9.82. The first-order valence-electron chi connectivity index (χ1n) is 9.73. The molecule has 1 aromatic heterocycles. The number of nitrogens with zero attached hydrogens (tertiary/aromatic N) is 1. The largest absolute Gasteiger partial charge is 0.489 e. The van der Waals surface area contributed by atoms with Crippen molar-refractivity contribution in [3.63, 3.8) is 0 Å². The molecule has 1 aliphatic heterocycles. The summed E-state index contributed by atoms with van der Waals surface area (Å²) in [6.45, 7) is 2.12. The second-order valence-electron chi connectivity index (χ2n) is 7.97. The van der Waals surface area contributed by atoms with E-state index in [1.54, 1.807) is 12.5 Å². The number of Topliss-reactive ketones (excluding diaryl/α,β-unsaturated/α-hetero) is 1. The van der Waals surface area contributed by atoms with E-state index in [9.17, 15) is 4.79 Å². The first-order valence-corrected chi connectivity index (χ1v) is 9.73. The molecule has 0 amide bonds. The molecule has 0 spiro atoms. The molecule has 3 aliphatic rings. The maximum absolute atomic E-state index is 12.8. The van der Waals surface area contributed by atoms with Gasteiger partial charge in [-0.1, -0.05) is 5.16 Å². The van der Waals surface area contributed by atoms with Crippen molar-refractivity contribution in [3.8, 4) is 16.9 Å². The topological polar surface area (TPSA) is 64.4 Å². The highest BCUT2D eigenvalue weighted by molar-refractivity contribution is 5.88. The van der Waals surface area contributed by atoms with E-state index in [-0.39, 0.29) is 24.0 Å². The quantitative estimate of drug-likeness (QED) is 0.872. The lowest BCUT2D eigenvalue weighted by Gasteiger charge is -2.35. The van der Waals surface area contributed by atoms with Gasteiger partial charge in [0.1, 0.15) is 17.8 Å². The van der Waals surface area contributed by atoms with E-state index in [0.29, 0.717) is 5.78 Å². The molecule has 136 valence electrons. The Morgan fingerprint density at radius 1 is 1.27 bits per heavy atom. The van der Waals surface area contributed by atoms with Gasteiger partial charge in [0.05, 0.1) is 12.3 Å². The normalized spacial score (nSPS) is 25.1. The van der Waals surface area contributed by atoms with Crippen molar-refractivity contribution in [2.24, 2.45) is 11.8 Å². The minimum atomic E-state index is 0.0245. The molecule has 1 N–H and O–H groups in total. The number of carbonyl (C=O) groups excluding carboxylic acids is 1. The van der Waals surface area contributed by atoms with Gasteiger partial charge in [-0.25, -0.2) is 0 Å². The Morgan fingerprint density at radius 3 is 2.77 bits per heavy atom.